The summed E-state index contributed by atoms with van der Waals surface area (Å²) in [7, 11) is 0. The summed E-state index contributed by atoms with van der Waals surface area (Å²) < 4.78 is 11.5. The van der Waals surface area contributed by atoms with Gasteiger partial charge in [-0.15, -0.1) is 26.3 Å². The van der Waals surface area contributed by atoms with E-state index in [2.05, 4.69) is 26.3 Å². The normalized spacial score (nSPS) is 10.0. The van der Waals surface area contributed by atoms with Crippen LogP contribution in [0.1, 0.15) is 49.7 Å². The zero-order valence-electron chi connectivity index (χ0n) is 20.5. The number of unbranched alkanes of at least 4 members (excludes halogenated alkanes) is 4. The highest BCUT2D eigenvalue weighted by Crippen LogP contribution is 2.33. The minimum absolute atomic E-state index is 0.558. The van der Waals surface area contributed by atoms with Gasteiger partial charge >= 0.3 is 0 Å². The molecular weight excluding hydrogens is 499 g/mol. The fourth-order valence-electron chi connectivity index (χ4n) is 3.24. The highest BCUT2D eigenvalue weighted by Gasteiger charge is 2.10. The highest BCUT2D eigenvalue weighted by molar-refractivity contribution is 6.35. The summed E-state index contributed by atoms with van der Waals surface area (Å²) in [4.78, 5) is 0. The number of hydrogen-bond donors (Lipinski definition) is 0. The lowest BCUT2D eigenvalue weighted by atomic mass is 10.1. The molecule has 0 atom stereocenters. The van der Waals surface area contributed by atoms with E-state index in [4.69, 9.17) is 44.3 Å². The third-order valence-corrected chi connectivity index (χ3v) is 5.76. The fourth-order valence-corrected chi connectivity index (χ4v) is 4.08. The van der Waals surface area contributed by atoms with Gasteiger partial charge in [0.2, 0.25) is 0 Å². The molecule has 2 rings (SSSR count). The minimum Gasteiger partial charge on any atom is -0.492 e. The molecule has 0 aliphatic rings. The number of ether oxygens (including phenoxy) is 2. The van der Waals surface area contributed by atoms with E-state index in [1.54, 1.807) is 6.07 Å². The molecule has 0 fully saturated rings. The van der Waals surface area contributed by atoms with E-state index < -0.39 is 0 Å². The zero-order valence-corrected chi connectivity index (χ0v) is 22.8. The third-order valence-electron chi connectivity index (χ3n) is 4.96. The maximum atomic E-state index is 6.15. The van der Waals surface area contributed by atoms with Crippen molar-refractivity contribution in [3.8, 4) is 11.5 Å². The first-order valence-electron chi connectivity index (χ1n) is 11.9. The monoisotopic (exact) mass is 534 g/mol. The number of rotatable bonds is 16. The van der Waals surface area contributed by atoms with Gasteiger partial charge in [0.25, 0.3) is 0 Å². The van der Waals surface area contributed by atoms with Gasteiger partial charge in [-0.25, -0.2) is 0 Å². The molecule has 190 valence electrons. The Balaban J connectivity index is 0.000000351. The van der Waals surface area contributed by atoms with Crippen LogP contribution in [-0.4, -0.2) is 13.2 Å². The van der Waals surface area contributed by atoms with Crippen molar-refractivity contribution >= 4 is 34.8 Å². The van der Waals surface area contributed by atoms with E-state index in [1.165, 1.54) is 0 Å². The van der Waals surface area contributed by atoms with Crippen LogP contribution < -0.4 is 9.47 Å². The Morgan fingerprint density at radius 3 is 1.71 bits per heavy atom. The predicted octanol–water partition coefficient (Wildman–Crippen LogP) is 10.3. The van der Waals surface area contributed by atoms with Crippen LogP contribution in [0.5, 0.6) is 11.5 Å². The van der Waals surface area contributed by atoms with E-state index in [0.29, 0.717) is 34.7 Å². The molecule has 0 aliphatic carbocycles. The summed E-state index contributed by atoms with van der Waals surface area (Å²) in [5.74, 6) is 1.52. The van der Waals surface area contributed by atoms with Gasteiger partial charge in [0.15, 0.2) is 0 Å². The van der Waals surface area contributed by atoms with Gasteiger partial charge < -0.3 is 9.47 Å². The molecule has 0 aromatic heterocycles. The van der Waals surface area contributed by atoms with Crippen molar-refractivity contribution in [3.63, 3.8) is 0 Å². The van der Waals surface area contributed by atoms with Crippen LogP contribution in [0.25, 0.3) is 0 Å². The van der Waals surface area contributed by atoms with Crippen LogP contribution in [0.4, 0.5) is 0 Å². The van der Waals surface area contributed by atoms with Crippen LogP contribution >= 0.6 is 34.8 Å². The van der Waals surface area contributed by atoms with Gasteiger partial charge in [0, 0.05) is 10.6 Å². The van der Waals surface area contributed by atoms with E-state index in [-0.39, 0.29) is 0 Å². The van der Waals surface area contributed by atoms with Crippen molar-refractivity contribution in [2.45, 2.75) is 51.4 Å². The second-order valence-electron chi connectivity index (χ2n) is 7.86. The van der Waals surface area contributed by atoms with Crippen molar-refractivity contribution in [1.29, 1.82) is 0 Å². The summed E-state index contributed by atoms with van der Waals surface area (Å²) in [5, 5.41) is 1.85. The molecular formula is C30H37Cl3O2. The van der Waals surface area contributed by atoms with Gasteiger partial charge in [-0.2, -0.15) is 0 Å². The summed E-state index contributed by atoms with van der Waals surface area (Å²) in [5.41, 5.74) is 2.07. The van der Waals surface area contributed by atoms with Gasteiger partial charge in [-0.05, 0) is 75.1 Å². The molecule has 0 N–H and O–H groups in total. The Morgan fingerprint density at radius 2 is 1.17 bits per heavy atom. The quantitative estimate of drug-likeness (QED) is 0.157. The molecule has 0 bridgehead atoms. The number of allylic oxidation sites excluding steroid dienone is 4. The van der Waals surface area contributed by atoms with Crippen LogP contribution in [0.15, 0.2) is 81.0 Å². The molecule has 2 aromatic rings. The molecule has 0 amide bonds. The summed E-state index contributed by atoms with van der Waals surface area (Å²) in [6, 6.07) is 9.38. The molecule has 35 heavy (non-hydrogen) atoms. The molecule has 0 radical (unpaired) electrons. The van der Waals surface area contributed by atoms with E-state index in [9.17, 15) is 0 Å². The number of para-hydroxylation sites is 1. The molecule has 0 heterocycles. The molecule has 2 nitrogen and oxygen atoms in total. The minimum atomic E-state index is 0.558. The predicted molar refractivity (Wildman–Crippen MR) is 155 cm³/mol. The Labute approximate surface area is 226 Å². The molecule has 0 unspecified atom stereocenters. The average Bonchev–Trinajstić information content (AvgIpc) is 2.82. The topological polar surface area (TPSA) is 18.5 Å². The number of hydrogen-bond acceptors (Lipinski definition) is 2. The second-order valence-corrected chi connectivity index (χ2v) is 9.11. The highest BCUT2D eigenvalue weighted by atomic mass is 35.5. The first-order valence-corrected chi connectivity index (χ1v) is 13.1. The summed E-state index contributed by atoms with van der Waals surface area (Å²) in [6.07, 6.45) is 15.2. The SMILES string of the molecule is C=CCCCCOc1c(Cl)cc(Cl)cc1CC=C.C=CCCCCOc1c(Cl)cccc1CC=C. The lowest BCUT2D eigenvalue weighted by Gasteiger charge is -2.12. The maximum Gasteiger partial charge on any atom is 0.141 e. The maximum absolute atomic E-state index is 6.15. The Kier molecular flexibility index (Phi) is 16.9. The smallest absolute Gasteiger partial charge is 0.141 e. The molecule has 0 aliphatic heterocycles. The molecule has 0 spiro atoms. The van der Waals surface area contributed by atoms with Gasteiger partial charge in [0.1, 0.15) is 11.5 Å². The summed E-state index contributed by atoms with van der Waals surface area (Å²) >= 11 is 18.3. The van der Waals surface area contributed by atoms with E-state index >= 15 is 0 Å². The average molecular weight is 536 g/mol. The molecule has 2 aromatic carbocycles. The lowest BCUT2D eigenvalue weighted by molar-refractivity contribution is 0.305. The van der Waals surface area contributed by atoms with E-state index in [1.807, 2.05) is 48.6 Å². The van der Waals surface area contributed by atoms with Crippen molar-refractivity contribution in [2.75, 3.05) is 13.2 Å². The van der Waals surface area contributed by atoms with Crippen LogP contribution in [0.2, 0.25) is 15.1 Å². The Bertz CT molecular complexity index is 937. The van der Waals surface area contributed by atoms with Gasteiger partial charge in [-0.1, -0.05) is 71.2 Å². The third kappa shape index (κ3) is 12.4. The van der Waals surface area contributed by atoms with Gasteiger partial charge in [0.05, 0.1) is 23.3 Å². The Hall–Kier alpha value is -2.13. The van der Waals surface area contributed by atoms with Crippen molar-refractivity contribution < 1.29 is 9.47 Å². The standard InChI is InChI=1S/C15H18Cl2O.C15H19ClO/c1-3-5-6-7-9-18-15-12(8-4-2)10-13(16)11-14(15)17;1-3-5-6-7-12-17-15-13(9-4-2)10-8-11-14(15)16/h3-4,10-11H,1-2,5-9H2;3-4,8,10-11H,1-2,5-7,9,12H2. The molecule has 5 heteroatoms. The summed E-state index contributed by atoms with van der Waals surface area (Å²) in [6.45, 7) is 16.2. The Morgan fingerprint density at radius 1 is 0.629 bits per heavy atom. The van der Waals surface area contributed by atoms with Crippen LogP contribution in [0.3, 0.4) is 0 Å². The van der Waals surface area contributed by atoms with Crippen LogP contribution in [-0.2, 0) is 12.8 Å². The van der Waals surface area contributed by atoms with E-state index in [0.717, 1.165) is 67.6 Å². The lowest BCUT2D eigenvalue weighted by Crippen LogP contribution is -2.01. The van der Waals surface area contributed by atoms with Crippen LogP contribution in [0, 0.1) is 0 Å². The number of benzene rings is 2. The molecule has 0 saturated heterocycles. The first-order chi connectivity index (χ1) is 17.0. The fraction of sp³-hybridized carbons (Fsp3) is 0.333. The first kappa shape index (κ1) is 30.9. The van der Waals surface area contributed by atoms with Gasteiger partial charge in [-0.3, -0.25) is 0 Å². The van der Waals surface area contributed by atoms with Crippen molar-refractivity contribution in [2.24, 2.45) is 0 Å². The number of halogens is 3. The van der Waals surface area contributed by atoms with Crippen molar-refractivity contribution in [1.82, 2.24) is 0 Å². The second kappa shape index (κ2) is 19.1. The molecule has 0 saturated carbocycles. The largest absolute Gasteiger partial charge is 0.492 e. The van der Waals surface area contributed by atoms with Crippen molar-refractivity contribution in [3.05, 3.63) is 107 Å². The zero-order chi connectivity index (χ0) is 25.9.